The molecule has 1 aliphatic rings. The van der Waals surface area contributed by atoms with Gasteiger partial charge in [-0.15, -0.1) is 0 Å². The summed E-state index contributed by atoms with van der Waals surface area (Å²) in [6.45, 7) is 6.67. The van der Waals surface area contributed by atoms with Gasteiger partial charge in [0.05, 0.1) is 17.8 Å². The monoisotopic (exact) mass is 574 g/mol. The van der Waals surface area contributed by atoms with Gasteiger partial charge in [-0.1, -0.05) is 54.6 Å². The quantitative estimate of drug-likeness (QED) is 0.180. The van der Waals surface area contributed by atoms with Crippen molar-refractivity contribution in [3.8, 4) is 5.75 Å². The minimum Gasteiger partial charge on any atom is -0.496 e. The fourth-order valence-electron chi connectivity index (χ4n) is 4.91. The van der Waals surface area contributed by atoms with Crippen molar-refractivity contribution in [2.24, 2.45) is 0 Å². The van der Waals surface area contributed by atoms with E-state index in [-0.39, 0.29) is 18.6 Å². The number of Topliss-reactive ketones (excluding diaryl/α,β-unsaturated/α-hetero) is 2. The van der Waals surface area contributed by atoms with Gasteiger partial charge in [-0.2, -0.15) is 0 Å². The van der Waals surface area contributed by atoms with E-state index < -0.39 is 11.7 Å². The minimum atomic E-state index is -0.600. The smallest absolute Gasteiger partial charge is 0.294 e. The molecule has 2 heterocycles. The molecule has 1 aliphatic heterocycles. The van der Waals surface area contributed by atoms with Crippen LogP contribution >= 0.6 is 11.6 Å². The first-order chi connectivity index (χ1) is 19.7. The van der Waals surface area contributed by atoms with Gasteiger partial charge in [0.2, 0.25) is 0 Å². The zero-order valence-corrected chi connectivity index (χ0v) is 24.5. The summed E-state index contributed by atoms with van der Waals surface area (Å²) in [5.74, 6) is 0.0133. The number of benzene rings is 2. The number of hydrogen-bond acceptors (Lipinski definition) is 7. The summed E-state index contributed by atoms with van der Waals surface area (Å²) in [5, 5.41) is 0.359. The largest absolute Gasteiger partial charge is 0.496 e. The summed E-state index contributed by atoms with van der Waals surface area (Å²) in [4.78, 5) is 50.7. The Kier molecular flexibility index (Phi) is 10.0. The van der Waals surface area contributed by atoms with Crippen LogP contribution in [0.5, 0.6) is 5.75 Å². The van der Waals surface area contributed by atoms with Crippen LogP contribution in [0.25, 0.3) is 0 Å². The number of carbonyl (C=O) groups is 3. The van der Waals surface area contributed by atoms with Gasteiger partial charge < -0.3 is 9.64 Å². The van der Waals surface area contributed by atoms with Crippen LogP contribution < -0.4 is 4.74 Å². The van der Waals surface area contributed by atoms with Crippen molar-refractivity contribution >= 4 is 29.1 Å². The molecule has 8 nitrogen and oxygen atoms in total. The number of likely N-dealkylation sites (tertiary alicyclic amines) is 1. The van der Waals surface area contributed by atoms with Crippen molar-refractivity contribution < 1.29 is 19.1 Å². The SMILES string of the molecule is C=C(CN1CCCC1)C(=O)Cc1ccc(OC)c(Cc2ncc(Cl)c(Cc3ccccc3C(=O)C(=O)N(C)C)n2)c1. The Bertz CT molecular complexity index is 1460. The van der Waals surface area contributed by atoms with Crippen LogP contribution in [0, 0.1) is 0 Å². The highest BCUT2D eigenvalue weighted by Gasteiger charge is 2.22. The predicted octanol–water partition coefficient (Wildman–Crippen LogP) is 4.35. The van der Waals surface area contributed by atoms with Crippen LogP contribution in [-0.2, 0) is 28.9 Å². The molecule has 1 aromatic heterocycles. The van der Waals surface area contributed by atoms with Crippen molar-refractivity contribution in [2.75, 3.05) is 40.8 Å². The van der Waals surface area contributed by atoms with Crippen LogP contribution in [0.4, 0.5) is 0 Å². The van der Waals surface area contributed by atoms with Gasteiger partial charge in [-0.05, 0) is 43.1 Å². The molecular formula is C32H35ClN4O4. The molecule has 3 aromatic rings. The van der Waals surface area contributed by atoms with Gasteiger partial charge in [0, 0.05) is 62.8 Å². The number of rotatable bonds is 12. The lowest BCUT2D eigenvalue weighted by Gasteiger charge is -2.16. The van der Waals surface area contributed by atoms with Gasteiger partial charge in [0.1, 0.15) is 11.6 Å². The molecule has 214 valence electrons. The highest BCUT2D eigenvalue weighted by atomic mass is 35.5. The van der Waals surface area contributed by atoms with E-state index in [9.17, 15) is 14.4 Å². The second-order valence-corrected chi connectivity index (χ2v) is 10.9. The van der Waals surface area contributed by atoms with E-state index in [4.69, 9.17) is 21.3 Å². The third-order valence-electron chi connectivity index (χ3n) is 7.15. The molecule has 41 heavy (non-hydrogen) atoms. The average Bonchev–Trinajstić information content (AvgIpc) is 3.47. The molecule has 0 aliphatic carbocycles. The number of likely N-dealkylation sites (N-methyl/N-ethyl adjacent to an activating group) is 1. The molecule has 4 rings (SSSR count). The molecule has 0 atom stereocenters. The molecule has 0 N–H and O–H groups in total. The highest BCUT2D eigenvalue weighted by molar-refractivity contribution is 6.43. The summed E-state index contributed by atoms with van der Waals surface area (Å²) < 4.78 is 5.58. The molecule has 1 saturated heterocycles. The lowest BCUT2D eigenvalue weighted by Crippen LogP contribution is -2.30. The first-order valence-electron chi connectivity index (χ1n) is 13.6. The normalized spacial score (nSPS) is 13.2. The van der Waals surface area contributed by atoms with E-state index in [1.807, 2.05) is 18.2 Å². The maximum Gasteiger partial charge on any atom is 0.294 e. The lowest BCUT2D eigenvalue weighted by atomic mass is 9.98. The van der Waals surface area contributed by atoms with Gasteiger partial charge in [0.15, 0.2) is 5.78 Å². The zero-order chi connectivity index (χ0) is 29.5. The molecule has 1 fully saturated rings. The van der Waals surface area contributed by atoms with Gasteiger partial charge in [0.25, 0.3) is 11.7 Å². The first-order valence-corrected chi connectivity index (χ1v) is 14.0. The fraction of sp³-hybridized carbons (Fsp3) is 0.344. The number of hydrogen-bond donors (Lipinski definition) is 0. The van der Waals surface area contributed by atoms with Crippen molar-refractivity contribution in [2.45, 2.75) is 32.1 Å². The summed E-state index contributed by atoms with van der Waals surface area (Å²) in [6, 6.07) is 12.6. The van der Waals surface area contributed by atoms with Gasteiger partial charge >= 0.3 is 0 Å². The molecule has 1 amide bonds. The van der Waals surface area contributed by atoms with E-state index in [0.29, 0.717) is 52.0 Å². The van der Waals surface area contributed by atoms with Crippen LogP contribution in [0.15, 0.2) is 60.8 Å². The molecule has 0 saturated carbocycles. The molecule has 0 spiro atoms. The molecule has 0 bridgehead atoms. The van der Waals surface area contributed by atoms with Crippen LogP contribution in [-0.4, -0.2) is 78.1 Å². The van der Waals surface area contributed by atoms with E-state index in [1.54, 1.807) is 45.5 Å². The number of halogens is 1. The summed E-state index contributed by atoms with van der Waals surface area (Å²) in [6.07, 6.45) is 4.73. The summed E-state index contributed by atoms with van der Waals surface area (Å²) in [7, 11) is 4.68. The van der Waals surface area contributed by atoms with Crippen molar-refractivity contribution in [1.29, 1.82) is 0 Å². The standard InChI is InChI=1S/C32H35ClN4O4/c1-21(20-37-13-7-8-14-37)28(38)16-22-11-12-29(41-4)24(15-22)18-30-34-19-26(33)27(35-30)17-23-9-5-6-10-25(23)31(39)32(40)36(2)3/h5-6,9-12,15,19H,1,7-8,13-14,16-18,20H2,2-4H3. The van der Waals surface area contributed by atoms with Crippen LogP contribution in [0.1, 0.15) is 51.4 Å². The van der Waals surface area contributed by atoms with Crippen LogP contribution in [0.3, 0.4) is 0 Å². The maximum atomic E-state index is 12.9. The Morgan fingerprint density at radius 1 is 1.05 bits per heavy atom. The Balaban J connectivity index is 1.53. The van der Waals surface area contributed by atoms with E-state index in [0.717, 1.165) is 24.2 Å². The fourth-order valence-corrected chi connectivity index (χ4v) is 5.07. The van der Waals surface area contributed by atoms with Crippen molar-refractivity contribution in [1.82, 2.24) is 19.8 Å². The Labute approximate surface area is 246 Å². The molecule has 2 aromatic carbocycles. The second-order valence-electron chi connectivity index (χ2n) is 10.5. The third kappa shape index (κ3) is 7.65. The topological polar surface area (TPSA) is 92.7 Å². The van der Waals surface area contributed by atoms with Gasteiger partial charge in [-0.25, -0.2) is 9.97 Å². The second kappa shape index (κ2) is 13.7. The number of nitrogens with zero attached hydrogens (tertiary/aromatic N) is 4. The number of ketones is 2. The molecule has 0 unspecified atom stereocenters. The Morgan fingerprint density at radius 3 is 2.49 bits per heavy atom. The van der Waals surface area contributed by atoms with E-state index >= 15 is 0 Å². The predicted molar refractivity (Wildman–Crippen MR) is 159 cm³/mol. The zero-order valence-electron chi connectivity index (χ0n) is 23.8. The molecule has 0 radical (unpaired) electrons. The third-order valence-corrected chi connectivity index (χ3v) is 7.47. The minimum absolute atomic E-state index is 0.0269. The molecule has 9 heteroatoms. The van der Waals surface area contributed by atoms with Crippen molar-refractivity contribution in [3.05, 3.63) is 99.6 Å². The number of aromatic nitrogens is 2. The van der Waals surface area contributed by atoms with E-state index in [1.165, 1.54) is 23.9 Å². The maximum absolute atomic E-state index is 12.9. The lowest BCUT2D eigenvalue weighted by molar-refractivity contribution is -0.124. The van der Waals surface area contributed by atoms with Crippen molar-refractivity contribution in [3.63, 3.8) is 0 Å². The van der Waals surface area contributed by atoms with Crippen LogP contribution in [0.2, 0.25) is 5.02 Å². The number of amides is 1. The first kappa shape index (κ1) is 30.1. The number of ether oxygens (including phenoxy) is 1. The number of carbonyl (C=O) groups excluding carboxylic acids is 3. The summed E-state index contributed by atoms with van der Waals surface area (Å²) in [5.41, 5.74) is 3.82. The Hall–Kier alpha value is -3.88. The highest BCUT2D eigenvalue weighted by Crippen LogP contribution is 2.25. The van der Waals surface area contributed by atoms with Gasteiger partial charge in [-0.3, -0.25) is 19.3 Å². The summed E-state index contributed by atoms with van der Waals surface area (Å²) >= 11 is 6.47. The Morgan fingerprint density at radius 2 is 1.78 bits per heavy atom. The molecular weight excluding hydrogens is 540 g/mol. The number of methoxy groups -OCH3 is 1. The average molecular weight is 575 g/mol. The van der Waals surface area contributed by atoms with E-state index in [2.05, 4.69) is 16.5 Å².